The standard InChI is InChI=1S/C14H11BrN2OS/c15-11-4-1-3-10(7-11)13(9-16)17-14(18)8-12-5-2-6-19-12/h1-7,13H,8H2,(H,17,18)/t13-/m0/s1. The molecule has 0 aliphatic heterocycles. The van der Waals surface area contributed by atoms with Crippen LogP contribution in [0.25, 0.3) is 0 Å². The molecule has 5 heteroatoms. The summed E-state index contributed by atoms with van der Waals surface area (Å²) in [5.74, 6) is -0.144. The molecule has 0 spiro atoms. The fraction of sp³-hybridized carbons (Fsp3) is 0.143. The van der Waals surface area contributed by atoms with Crippen LogP contribution in [-0.2, 0) is 11.2 Å². The Kier molecular flexibility index (Phi) is 4.72. The SMILES string of the molecule is N#C[C@H](NC(=O)Cc1cccs1)c1cccc(Br)c1. The Morgan fingerprint density at radius 2 is 2.26 bits per heavy atom. The Balaban J connectivity index is 2.03. The molecule has 1 aromatic carbocycles. The topological polar surface area (TPSA) is 52.9 Å². The number of rotatable bonds is 4. The van der Waals surface area contributed by atoms with Crippen LogP contribution in [0.4, 0.5) is 0 Å². The van der Waals surface area contributed by atoms with Crippen molar-refractivity contribution in [2.75, 3.05) is 0 Å². The summed E-state index contributed by atoms with van der Waals surface area (Å²) in [6.45, 7) is 0. The van der Waals surface area contributed by atoms with Crippen molar-refractivity contribution in [1.29, 1.82) is 5.26 Å². The van der Waals surface area contributed by atoms with Crippen LogP contribution in [0.3, 0.4) is 0 Å². The molecule has 0 bridgehead atoms. The Morgan fingerprint density at radius 3 is 2.89 bits per heavy atom. The smallest absolute Gasteiger partial charge is 0.226 e. The van der Waals surface area contributed by atoms with E-state index in [1.165, 1.54) is 11.3 Å². The van der Waals surface area contributed by atoms with Crippen molar-refractivity contribution in [2.24, 2.45) is 0 Å². The zero-order valence-electron chi connectivity index (χ0n) is 9.97. The molecular weight excluding hydrogens is 324 g/mol. The van der Waals surface area contributed by atoms with Gasteiger partial charge in [-0.3, -0.25) is 4.79 Å². The van der Waals surface area contributed by atoms with E-state index >= 15 is 0 Å². The van der Waals surface area contributed by atoms with E-state index in [1.807, 2.05) is 41.8 Å². The first kappa shape index (κ1) is 13.8. The van der Waals surface area contributed by atoms with Crippen molar-refractivity contribution in [2.45, 2.75) is 12.5 Å². The lowest BCUT2D eigenvalue weighted by Crippen LogP contribution is -2.28. The van der Waals surface area contributed by atoms with Gasteiger partial charge in [-0.15, -0.1) is 11.3 Å². The van der Waals surface area contributed by atoms with E-state index in [1.54, 1.807) is 0 Å². The third-order valence-corrected chi connectivity index (χ3v) is 3.90. The zero-order chi connectivity index (χ0) is 13.7. The van der Waals surface area contributed by atoms with E-state index in [9.17, 15) is 4.79 Å². The lowest BCUT2D eigenvalue weighted by Gasteiger charge is -2.11. The van der Waals surface area contributed by atoms with Gasteiger partial charge >= 0.3 is 0 Å². The Bertz CT molecular complexity index is 604. The number of thiophene rings is 1. The Hall–Kier alpha value is -1.64. The number of benzene rings is 1. The molecule has 2 aromatic rings. The number of nitriles is 1. The molecule has 2 rings (SSSR count). The molecule has 0 saturated carbocycles. The number of hydrogen-bond donors (Lipinski definition) is 1. The molecule has 1 atom stereocenters. The van der Waals surface area contributed by atoms with Gasteiger partial charge in [0.1, 0.15) is 6.04 Å². The number of halogens is 1. The van der Waals surface area contributed by atoms with E-state index in [0.29, 0.717) is 6.42 Å². The van der Waals surface area contributed by atoms with Crippen LogP contribution < -0.4 is 5.32 Å². The van der Waals surface area contributed by atoms with Crippen LogP contribution in [0.15, 0.2) is 46.3 Å². The molecule has 19 heavy (non-hydrogen) atoms. The van der Waals surface area contributed by atoms with Crippen LogP contribution in [-0.4, -0.2) is 5.91 Å². The predicted molar refractivity (Wildman–Crippen MR) is 78.7 cm³/mol. The maximum absolute atomic E-state index is 11.9. The molecule has 0 radical (unpaired) electrons. The van der Waals surface area contributed by atoms with E-state index in [-0.39, 0.29) is 5.91 Å². The largest absolute Gasteiger partial charge is 0.336 e. The number of carbonyl (C=O) groups excluding carboxylic acids is 1. The highest BCUT2D eigenvalue weighted by Gasteiger charge is 2.14. The maximum Gasteiger partial charge on any atom is 0.226 e. The molecule has 1 N–H and O–H groups in total. The minimum absolute atomic E-state index is 0.144. The predicted octanol–water partition coefficient (Wildman–Crippen LogP) is 3.43. The number of nitrogens with zero attached hydrogens (tertiary/aromatic N) is 1. The first-order valence-electron chi connectivity index (χ1n) is 5.66. The van der Waals surface area contributed by atoms with Crippen molar-refractivity contribution in [3.05, 3.63) is 56.7 Å². The van der Waals surface area contributed by atoms with Crippen LogP contribution in [0.2, 0.25) is 0 Å². The molecule has 1 amide bonds. The Labute approximate surface area is 124 Å². The fourth-order valence-electron chi connectivity index (χ4n) is 1.66. The van der Waals surface area contributed by atoms with Gasteiger partial charge in [0.05, 0.1) is 12.5 Å². The van der Waals surface area contributed by atoms with Crippen LogP contribution >= 0.6 is 27.3 Å². The van der Waals surface area contributed by atoms with Crippen LogP contribution in [0, 0.1) is 11.3 Å². The molecule has 0 unspecified atom stereocenters. The maximum atomic E-state index is 11.9. The number of carbonyl (C=O) groups is 1. The van der Waals surface area contributed by atoms with Crippen molar-refractivity contribution < 1.29 is 4.79 Å². The first-order chi connectivity index (χ1) is 9.19. The summed E-state index contributed by atoms with van der Waals surface area (Å²) in [6.07, 6.45) is 0.309. The van der Waals surface area contributed by atoms with Gasteiger partial charge < -0.3 is 5.32 Å². The van der Waals surface area contributed by atoms with E-state index in [2.05, 4.69) is 27.3 Å². The lowest BCUT2D eigenvalue weighted by atomic mass is 10.1. The molecule has 1 heterocycles. The van der Waals surface area contributed by atoms with E-state index in [0.717, 1.165) is 14.9 Å². The van der Waals surface area contributed by atoms with Gasteiger partial charge in [0.15, 0.2) is 0 Å². The second kappa shape index (κ2) is 6.50. The average Bonchev–Trinajstić information content (AvgIpc) is 2.88. The first-order valence-corrected chi connectivity index (χ1v) is 7.33. The molecule has 1 aromatic heterocycles. The van der Waals surface area contributed by atoms with Crippen molar-refractivity contribution in [1.82, 2.24) is 5.32 Å². The highest BCUT2D eigenvalue weighted by molar-refractivity contribution is 9.10. The Morgan fingerprint density at radius 1 is 1.42 bits per heavy atom. The molecule has 0 aliphatic rings. The monoisotopic (exact) mass is 334 g/mol. The molecular formula is C14H11BrN2OS. The number of nitrogens with one attached hydrogen (secondary N) is 1. The van der Waals surface area contributed by atoms with E-state index < -0.39 is 6.04 Å². The van der Waals surface area contributed by atoms with Crippen molar-refractivity contribution >= 4 is 33.2 Å². The number of amides is 1. The van der Waals surface area contributed by atoms with Gasteiger partial charge in [-0.05, 0) is 29.1 Å². The van der Waals surface area contributed by atoms with Crippen LogP contribution in [0.1, 0.15) is 16.5 Å². The zero-order valence-corrected chi connectivity index (χ0v) is 12.4. The minimum atomic E-state index is -0.620. The lowest BCUT2D eigenvalue weighted by molar-refractivity contribution is -0.120. The van der Waals surface area contributed by atoms with Crippen molar-refractivity contribution in [3.63, 3.8) is 0 Å². The van der Waals surface area contributed by atoms with Crippen molar-refractivity contribution in [3.8, 4) is 6.07 Å². The highest BCUT2D eigenvalue weighted by atomic mass is 79.9. The van der Waals surface area contributed by atoms with E-state index in [4.69, 9.17) is 5.26 Å². The second-order valence-corrected chi connectivity index (χ2v) is 5.89. The molecule has 0 saturated heterocycles. The third-order valence-electron chi connectivity index (χ3n) is 2.53. The molecule has 0 fully saturated rings. The van der Waals surface area contributed by atoms with Crippen LogP contribution in [0.5, 0.6) is 0 Å². The van der Waals surface area contributed by atoms with Gasteiger partial charge in [0, 0.05) is 9.35 Å². The summed E-state index contributed by atoms with van der Waals surface area (Å²) >= 11 is 4.89. The summed E-state index contributed by atoms with van der Waals surface area (Å²) in [4.78, 5) is 12.9. The summed E-state index contributed by atoms with van der Waals surface area (Å²) in [6, 6.07) is 12.7. The minimum Gasteiger partial charge on any atom is -0.336 e. The highest BCUT2D eigenvalue weighted by Crippen LogP contribution is 2.18. The number of hydrogen-bond acceptors (Lipinski definition) is 3. The summed E-state index contributed by atoms with van der Waals surface area (Å²) in [5.41, 5.74) is 0.774. The molecule has 0 aliphatic carbocycles. The van der Waals surface area contributed by atoms with Gasteiger partial charge in [-0.25, -0.2) is 0 Å². The summed E-state index contributed by atoms with van der Waals surface area (Å²) in [7, 11) is 0. The quantitative estimate of drug-likeness (QED) is 0.931. The van der Waals surface area contributed by atoms with Gasteiger partial charge in [-0.2, -0.15) is 5.26 Å². The van der Waals surface area contributed by atoms with Gasteiger partial charge in [0.2, 0.25) is 5.91 Å². The summed E-state index contributed by atoms with van der Waals surface area (Å²) < 4.78 is 0.887. The van der Waals surface area contributed by atoms with Gasteiger partial charge in [-0.1, -0.05) is 34.1 Å². The molecule has 3 nitrogen and oxygen atoms in total. The molecule has 96 valence electrons. The second-order valence-electron chi connectivity index (χ2n) is 3.94. The summed E-state index contributed by atoms with van der Waals surface area (Å²) in [5, 5.41) is 13.8. The normalized spacial score (nSPS) is 11.6. The fourth-order valence-corrected chi connectivity index (χ4v) is 2.78. The third kappa shape index (κ3) is 3.91. The van der Waals surface area contributed by atoms with Gasteiger partial charge in [0.25, 0.3) is 0 Å². The average molecular weight is 335 g/mol.